The Morgan fingerprint density at radius 2 is 2.11 bits per heavy atom. The molecule has 1 rings (SSSR count). The number of pyridine rings is 1. The summed E-state index contributed by atoms with van der Waals surface area (Å²) in [5.74, 6) is 0. The SMILES string of the molecule is COCCN(c1cc(C)nc(C)c1C#N)C(C)C. The van der Waals surface area contributed by atoms with Crippen molar-refractivity contribution in [3.05, 3.63) is 23.0 Å². The third-order valence-electron chi connectivity index (χ3n) is 2.89. The molecule has 0 unspecified atom stereocenters. The van der Waals surface area contributed by atoms with Gasteiger partial charge in [-0.1, -0.05) is 0 Å². The van der Waals surface area contributed by atoms with Crippen LogP contribution in [0.3, 0.4) is 0 Å². The molecule has 0 aromatic carbocycles. The number of hydrogen-bond acceptors (Lipinski definition) is 4. The van der Waals surface area contributed by atoms with Gasteiger partial charge in [0.25, 0.3) is 0 Å². The third-order valence-corrected chi connectivity index (χ3v) is 2.89. The monoisotopic (exact) mass is 247 g/mol. The van der Waals surface area contributed by atoms with Crippen molar-refractivity contribution in [2.24, 2.45) is 0 Å². The lowest BCUT2D eigenvalue weighted by Gasteiger charge is -2.30. The number of aromatic nitrogens is 1. The van der Waals surface area contributed by atoms with Crippen LogP contribution in [0.15, 0.2) is 6.07 Å². The van der Waals surface area contributed by atoms with Crippen LogP contribution in [0, 0.1) is 25.2 Å². The molecular formula is C14H21N3O. The van der Waals surface area contributed by atoms with Gasteiger partial charge < -0.3 is 9.64 Å². The van der Waals surface area contributed by atoms with Gasteiger partial charge in [0, 0.05) is 25.4 Å². The molecule has 0 saturated heterocycles. The Bertz CT molecular complexity index is 449. The van der Waals surface area contributed by atoms with E-state index < -0.39 is 0 Å². The second-order valence-corrected chi connectivity index (χ2v) is 4.63. The second-order valence-electron chi connectivity index (χ2n) is 4.63. The highest BCUT2D eigenvalue weighted by Crippen LogP contribution is 2.24. The zero-order valence-electron chi connectivity index (χ0n) is 11.8. The van der Waals surface area contributed by atoms with Gasteiger partial charge >= 0.3 is 0 Å². The Balaban J connectivity index is 3.22. The third kappa shape index (κ3) is 3.21. The van der Waals surface area contributed by atoms with Crippen molar-refractivity contribution < 1.29 is 4.74 Å². The summed E-state index contributed by atoms with van der Waals surface area (Å²) in [5, 5.41) is 9.30. The molecule has 0 N–H and O–H groups in total. The Labute approximate surface area is 109 Å². The van der Waals surface area contributed by atoms with Crippen molar-refractivity contribution in [2.45, 2.75) is 33.7 Å². The Hall–Kier alpha value is -1.60. The van der Waals surface area contributed by atoms with Crippen LogP contribution in [0.2, 0.25) is 0 Å². The number of aryl methyl sites for hydroxylation is 2. The first-order valence-corrected chi connectivity index (χ1v) is 6.15. The molecule has 0 atom stereocenters. The number of nitrogens with zero attached hydrogens (tertiary/aromatic N) is 3. The molecule has 0 aliphatic heterocycles. The van der Waals surface area contributed by atoms with Crippen molar-refractivity contribution in [3.8, 4) is 6.07 Å². The van der Waals surface area contributed by atoms with Crippen LogP contribution < -0.4 is 4.90 Å². The molecule has 98 valence electrons. The molecule has 0 amide bonds. The number of methoxy groups -OCH3 is 1. The van der Waals surface area contributed by atoms with Crippen molar-refractivity contribution in [1.29, 1.82) is 5.26 Å². The molecule has 0 aliphatic carbocycles. The molecule has 0 bridgehead atoms. The molecule has 4 heteroatoms. The number of ether oxygens (including phenoxy) is 1. The van der Waals surface area contributed by atoms with Gasteiger partial charge in [-0.2, -0.15) is 5.26 Å². The van der Waals surface area contributed by atoms with Crippen LogP contribution in [-0.2, 0) is 4.74 Å². The van der Waals surface area contributed by atoms with E-state index in [1.807, 2.05) is 19.9 Å². The van der Waals surface area contributed by atoms with Gasteiger partial charge in [0.1, 0.15) is 6.07 Å². The second kappa shape index (κ2) is 6.36. The minimum absolute atomic E-state index is 0.313. The fraction of sp³-hybridized carbons (Fsp3) is 0.571. The molecule has 1 aromatic rings. The van der Waals surface area contributed by atoms with E-state index in [1.54, 1.807) is 7.11 Å². The summed E-state index contributed by atoms with van der Waals surface area (Å²) >= 11 is 0. The Morgan fingerprint density at radius 1 is 1.44 bits per heavy atom. The molecular weight excluding hydrogens is 226 g/mol. The molecule has 0 fully saturated rings. The zero-order valence-corrected chi connectivity index (χ0v) is 11.8. The number of anilines is 1. The summed E-state index contributed by atoms with van der Waals surface area (Å²) in [7, 11) is 1.69. The molecule has 0 spiro atoms. The maximum Gasteiger partial charge on any atom is 0.103 e. The standard InChI is InChI=1S/C14H21N3O/c1-10(2)17(6-7-18-5)14-8-11(3)16-12(4)13(14)9-15/h8,10H,6-7H2,1-5H3. The van der Waals surface area contributed by atoms with Gasteiger partial charge in [0.15, 0.2) is 0 Å². The Morgan fingerprint density at radius 3 is 2.61 bits per heavy atom. The smallest absolute Gasteiger partial charge is 0.103 e. The lowest BCUT2D eigenvalue weighted by atomic mass is 10.1. The van der Waals surface area contributed by atoms with Crippen molar-refractivity contribution in [2.75, 3.05) is 25.2 Å². The summed E-state index contributed by atoms with van der Waals surface area (Å²) in [6, 6.07) is 4.54. The van der Waals surface area contributed by atoms with Crippen LogP contribution in [0.25, 0.3) is 0 Å². The van der Waals surface area contributed by atoms with E-state index in [9.17, 15) is 5.26 Å². The summed E-state index contributed by atoms with van der Waals surface area (Å²) < 4.78 is 5.14. The average Bonchev–Trinajstić information content (AvgIpc) is 2.28. The molecule has 0 aliphatic rings. The van der Waals surface area contributed by atoms with E-state index in [4.69, 9.17) is 4.74 Å². The predicted octanol–water partition coefficient (Wildman–Crippen LogP) is 2.43. The number of nitriles is 1. The van der Waals surface area contributed by atoms with E-state index in [2.05, 4.69) is 29.8 Å². The summed E-state index contributed by atoms with van der Waals surface area (Å²) in [6.07, 6.45) is 0. The fourth-order valence-corrected chi connectivity index (χ4v) is 2.02. The van der Waals surface area contributed by atoms with E-state index in [0.29, 0.717) is 18.2 Å². The van der Waals surface area contributed by atoms with E-state index >= 15 is 0 Å². The van der Waals surface area contributed by atoms with Crippen molar-refractivity contribution >= 4 is 5.69 Å². The fourth-order valence-electron chi connectivity index (χ4n) is 2.02. The Kier molecular flexibility index (Phi) is 5.11. The summed E-state index contributed by atoms with van der Waals surface area (Å²) in [4.78, 5) is 6.53. The minimum Gasteiger partial charge on any atom is -0.383 e. The molecule has 1 aromatic heterocycles. The van der Waals surface area contributed by atoms with Crippen molar-refractivity contribution in [1.82, 2.24) is 4.98 Å². The summed E-state index contributed by atoms with van der Waals surface area (Å²) in [6.45, 7) is 9.47. The van der Waals surface area contributed by atoms with Gasteiger partial charge in [-0.15, -0.1) is 0 Å². The molecule has 1 heterocycles. The molecule has 4 nitrogen and oxygen atoms in total. The van der Waals surface area contributed by atoms with Gasteiger partial charge in [-0.3, -0.25) is 4.98 Å². The highest BCUT2D eigenvalue weighted by Gasteiger charge is 2.17. The molecule has 18 heavy (non-hydrogen) atoms. The van der Waals surface area contributed by atoms with Crippen LogP contribution in [0.4, 0.5) is 5.69 Å². The molecule has 0 saturated carbocycles. The summed E-state index contributed by atoms with van der Waals surface area (Å²) in [5.41, 5.74) is 3.33. The van der Waals surface area contributed by atoms with E-state index in [0.717, 1.165) is 23.6 Å². The first-order chi connectivity index (χ1) is 8.51. The van der Waals surface area contributed by atoms with E-state index in [-0.39, 0.29) is 0 Å². The lowest BCUT2D eigenvalue weighted by molar-refractivity contribution is 0.204. The van der Waals surface area contributed by atoms with E-state index in [1.165, 1.54) is 0 Å². The van der Waals surface area contributed by atoms with Crippen LogP contribution in [-0.4, -0.2) is 31.3 Å². The van der Waals surface area contributed by atoms with Gasteiger partial charge in [0.05, 0.1) is 23.6 Å². The number of hydrogen-bond donors (Lipinski definition) is 0. The van der Waals surface area contributed by atoms with Gasteiger partial charge in [-0.25, -0.2) is 0 Å². The zero-order chi connectivity index (χ0) is 13.7. The van der Waals surface area contributed by atoms with Gasteiger partial charge in [0.2, 0.25) is 0 Å². The van der Waals surface area contributed by atoms with Crippen LogP contribution in [0.5, 0.6) is 0 Å². The topological polar surface area (TPSA) is 49.1 Å². The van der Waals surface area contributed by atoms with Crippen LogP contribution >= 0.6 is 0 Å². The average molecular weight is 247 g/mol. The predicted molar refractivity (Wildman–Crippen MR) is 72.8 cm³/mol. The maximum atomic E-state index is 9.30. The first kappa shape index (κ1) is 14.5. The maximum absolute atomic E-state index is 9.30. The normalized spacial score (nSPS) is 10.5. The first-order valence-electron chi connectivity index (χ1n) is 6.15. The largest absolute Gasteiger partial charge is 0.383 e. The number of rotatable bonds is 5. The highest BCUT2D eigenvalue weighted by molar-refractivity contribution is 5.62. The van der Waals surface area contributed by atoms with Gasteiger partial charge in [-0.05, 0) is 33.8 Å². The highest BCUT2D eigenvalue weighted by atomic mass is 16.5. The lowest BCUT2D eigenvalue weighted by Crippen LogP contribution is -2.34. The molecule has 0 radical (unpaired) electrons. The minimum atomic E-state index is 0.313. The van der Waals surface area contributed by atoms with Crippen molar-refractivity contribution in [3.63, 3.8) is 0 Å². The quantitative estimate of drug-likeness (QED) is 0.802. The van der Waals surface area contributed by atoms with Crippen LogP contribution in [0.1, 0.15) is 30.8 Å².